The second-order valence-electron chi connectivity index (χ2n) is 4.59. The number of pyridine rings is 1. The lowest BCUT2D eigenvalue weighted by atomic mass is 10.1. The zero-order valence-corrected chi connectivity index (χ0v) is 11.5. The SMILES string of the molecule is Cc1ncc(C(N)Cc2ccc3ccccc3n2)s1. The second-order valence-corrected chi connectivity index (χ2v) is 5.85. The minimum Gasteiger partial charge on any atom is -0.323 e. The van der Waals surface area contributed by atoms with E-state index in [9.17, 15) is 0 Å². The van der Waals surface area contributed by atoms with E-state index in [1.54, 1.807) is 11.3 Å². The first kappa shape index (κ1) is 12.3. The normalized spacial score (nSPS) is 12.7. The lowest BCUT2D eigenvalue weighted by Gasteiger charge is -2.09. The van der Waals surface area contributed by atoms with Crippen molar-refractivity contribution < 1.29 is 0 Å². The maximum absolute atomic E-state index is 6.21. The second kappa shape index (κ2) is 5.07. The van der Waals surface area contributed by atoms with Gasteiger partial charge in [0.15, 0.2) is 0 Å². The van der Waals surface area contributed by atoms with Gasteiger partial charge in [0, 0.05) is 34.6 Å². The summed E-state index contributed by atoms with van der Waals surface area (Å²) >= 11 is 1.65. The average molecular weight is 269 g/mol. The van der Waals surface area contributed by atoms with Crippen LogP contribution in [0.5, 0.6) is 0 Å². The first-order valence-corrected chi connectivity index (χ1v) is 7.06. The summed E-state index contributed by atoms with van der Waals surface area (Å²) in [5, 5.41) is 2.21. The maximum atomic E-state index is 6.21. The number of nitrogens with zero attached hydrogens (tertiary/aromatic N) is 2. The topological polar surface area (TPSA) is 51.8 Å². The number of aryl methyl sites for hydroxylation is 1. The third-order valence-electron chi connectivity index (χ3n) is 3.09. The van der Waals surface area contributed by atoms with Crippen LogP contribution in [0.15, 0.2) is 42.6 Å². The van der Waals surface area contributed by atoms with Gasteiger partial charge in [-0.1, -0.05) is 24.3 Å². The first-order valence-electron chi connectivity index (χ1n) is 6.25. The predicted molar refractivity (Wildman–Crippen MR) is 79.2 cm³/mol. The number of fused-ring (bicyclic) bond motifs is 1. The Labute approximate surface area is 116 Å². The number of aromatic nitrogens is 2. The molecule has 4 heteroatoms. The molecule has 0 aliphatic rings. The molecule has 0 aliphatic heterocycles. The molecule has 2 heterocycles. The van der Waals surface area contributed by atoms with Gasteiger partial charge in [0.05, 0.1) is 10.5 Å². The standard InChI is InChI=1S/C15H15N3S/c1-10-17-9-15(19-10)13(16)8-12-7-6-11-4-2-3-5-14(11)18-12/h2-7,9,13H,8,16H2,1H3. The zero-order valence-electron chi connectivity index (χ0n) is 10.7. The van der Waals surface area contributed by atoms with Crippen LogP contribution < -0.4 is 5.73 Å². The van der Waals surface area contributed by atoms with Crippen molar-refractivity contribution in [3.05, 3.63) is 58.2 Å². The Bertz CT molecular complexity index is 705. The van der Waals surface area contributed by atoms with Crippen molar-refractivity contribution in [3.8, 4) is 0 Å². The average Bonchev–Trinajstić information content (AvgIpc) is 2.85. The van der Waals surface area contributed by atoms with Crippen LogP contribution >= 0.6 is 11.3 Å². The van der Waals surface area contributed by atoms with Gasteiger partial charge in [-0.25, -0.2) is 4.98 Å². The highest BCUT2D eigenvalue weighted by Gasteiger charge is 2.11. The molecule has 0 fully saturated rings. The van der Waals surface area contributed by atoms with Crippen LogP contribution in [0, 0.1) is 6.92 Å². The Morgan fingerprint density at radius 2 is 2.05 bits per heavy atom. The van der Waals surface area contributed by atoms with Crippen molar-refractivity contribution in [1.29, 1.82) is 0 Å². The highest BCUT2D eigenvalue weighted by atomic mass is 32.1. The summed E-state index contributed by atoms with van der Waals surface area (Å²) in [6.07, 6.45) is 2.61. The summed E-state index contributed by atoms with van der Waals surface area (Å²) in [5.41, 5.74) is 8.26. The lowest BCUT2D eigenvalue weighted by Crippen LogP contribution is -2.12. The van der Waals surface area contributed by atoms with Crippen LogP contribution in [0.4, 0.5) is 0 Å². The molecule has 0 amide bonds. The molecule has 0 spiro atoms. The molecule has 0 bridgehead atoms. The molecule has 0 aliphatic carbocycles. The summed E-state index contributed by atoms with van der Waals surface area (Å²) < 4.78 is 0. The van der Waals surface area contributed by atoms with Crippen LogP contribution in [0.1, 0.15) is 21.6 Å². The Balaban J connectivity index is 1.84. The number of nitrogens with two attached hydrogens (primary N) is 1. The Morgan fingerprint density at radius 1 is 1.21 bits per heavy atom. The van der Waals surface area contributed by atoms with Crippen molar-refractivity contribution in [2.75, 3.05) is 0 Å². The van der Waals surface area contributed by atoms with Crippen molar-refractivity contribution >= 4 is 22.2 Å². The minimum absolute atomic E-state index is 0.0279. The first-order chi connectivity index (χ1) is 9.22. The summed E-state index contributed by atoms with van der Waals surface area (Å²) in [6.45, 7) is 2.00. The van der Waals surface area contributed by atoms with Gasteiger partial charge in [-0.15, -0.1) is 11.3 Å². The predicted octanol–water partition coefficient (Wildman–Crippen LogP) is 3.24. The fourth-order valence-corrected chi connectivity index (χ4v) is 2.88. The van der Waals surface area contributed by atoms with Gasteiger partial charge in [0.25, 0.3) is 0 Å². The summed E-state index contributed by atoms with van der Waals surface area (Å²) in [5.74, 6) is 0. The van der Waals surface area contributed by atoms with Gasteiger partial charge in [-0.05, 0) is 19.1 Å². The monoisotopic (exact) mass is 269 g/mol. The molecule has 1 atom stereocenters. The lowest BCUT2D eigenvalue weighted by molar-refractivity contribution is 0.721. The number of para-hydroxylation sites is 1. The van der Waals surface area contributed by atoms with Crippen molar-refractivity contribution in [3.63, 3.8) is 0 Å². The Hall–Kier alpha value is -1.78. The third kappa shape index (κ3) is 2.64. The van der Waals surface area contributed by atoms with E-state index in [-0.39, 0.29) is 6.04 Å². The molecule has 1 unspecified atom stereocenters. The molecule has 0 radical (unpaired) electrons. The molecule has 96 valence electrons. The van der Waals surface area contributed by atoms with E-state index in [2.05, 4.69) is 28.2 Å². The molecular weight excluding hydrogens is 254 g/mol. The number of benzene rings is 1. The van der Waals surface area contributed by atoms with E-state index in [0.717, 1.165) is 32.9 Å². The van der Waals surface area contributed by atoms with Gasteiger partial charge in [-0.3, -0.25) is 4.98 Å². The zero-order chi connectivity index (χ0) is 13.2. The van der Waals surface area contributed by atoms with E-state index in [1.165, 1.54) is 0 Å². The van der Waals surface area contributed by atoms with Gasteiger partial charge < -0.3 is 5.73 Å². The van der Waals surface area contributed by atoms with Crippen LogP contribution in [0.2, 0.25) is 0 Å². The Kier molecular flexibility index (Phi) is 3.27. The molecule has 19 heavy (non-hydrogen) atoms. The molecule has 2 N–H and O–H groups in total. The summed E-state index contributed by atoms with van der Waals surface area (Å²) in [4.78, 5) is 10.0. The largest absolute Gasteiger partial charge is 0.323 e. The van der Waals surface area contributed by atoms with E-state index < -0.39 is 0 Å². The van der Waals surface area contributed by atoms with Gasteiger partial charge in [0.2, 0.25) is 0 Å². The van der Waals surface area contributed by atoms with E-state index in [1.807, 2.05) is 31.3 Å². The number of hydrogen-bond donors (Lipinski definition) is 1. The van der Waals surface area contributed by atoms with Crippen LogP contribution in [-0.4, -0.2) is 9.97 Å². The van der Waals surface area contributed by atoms with Crippen LogP contribution in [0.3, 0.4) is 0 Å². The summed E-state index contributed by atoms with van der Waals surface area (Å²) in [7, 11) is 0. The number of rotatable bonds is 3. The molecule has 3 aromatic rings. The summed E-state index contributed by atoms with van der Waals surface area (Å²) in [6, 6.07) is 12.2. The van der Waals surface area contributed by atoms with Gasteiger partial charge in [0.1, 0.15) is 0 Å². The van der Waals surface area contributed by atoms with E-state index in [4.69, 9.17) is 5.73 Å². The van der Waals surface area contributed by atoms with Crippen LogP contribution in [-0.2, 0) is 6.42 Å². The van der Waals surface area contributed by atoms with Crippen LogP contribution in [0.25, 0.3) is 10.9 Å². The molecule has 1 aromatic carbocycles. The fraction of sp³-hybridized carbons (Fsp3) is 0.200. The molecule has 3 nitrogen and oxygen atoms in total. The highest BCUT2D eigenvalue weighted by Crippen LogP contribution is 2.22. The third-order valence-corrected chi connectivity index (χ3v) is 4.13. The van der Waals surface area contributed by atoms with Crippen molar-refractivity contribution in [2.45, 2.75) is 19.4 Å². The fourth-order valence-electron chi connectivity index (χ4n) is 2.10. The smallest absolute Gasteiger partial charge is 0.0897 e. The van der Waals surface area contributed by atoms with Gasteiger partial charge in [-0.2, -0.15) is 0 Å². The Morgan fingerprint density at radius 3 is 2.84 bits per heavy atom. The minimum atomic E-state index is -0.0279. The molecular formula is C15H15N3S. The van der Waals surface area contributed by atoms with E-state index in [0.29, 0.717) is 0 Å². The maximum Gasteiger partial charge on any atom is 0.0897 e. The molecule has 0 saturated carbocycles. The molecule has 0 saturated heterocycles. The van der Waals surface area contributed by atoms with E-state index >= 15 is 0 Å². The number of hydrogen-bond acceptors (Lipinski definition) is 4. The van der Waals surface area contributed by atoms with Crippen molar-refractivity contribution in [2.24, 2.45) is 5.73 Å². The number of thiazole rings is 1. The highest BCUT2D eigenvalue weighted by molar-refractivity contribution is 7.11. The van der Waals surface area contributed by atoms with Crippen molar-refractivity contribution in [1.82, 2.24) is 9.97 Å². The molecule has 2 aromatic heterocycles. The van der Waals surface area contributed by atoms with Gasteiger partial charge >= 0.3 is 0 Å². The molecule has 3 rings (SSSR count). The quantitative estimate of drug-likeness (QED) is 0.794.